The number of piperidine rings is 1. The van der Waals surface area contributed by atoms with E-state index in [0.717, 1.165) is 5.56 Å². The lowest BCUT2D eigenvalue weighted by Crippen LogP contribution is -2.52. The number of fused-ring (bicyclic) bond motifs is 1. The zero-order valence-corrected chi connectivity index (χ0v) is 20.7. The van der Waals surface area contributed by atoms with Crippen LogP contribution in [0.5, 0.6) is 0 Å². The van der Waals surface area contributed by atoms with Crippen LogP contribution in [-0.2, 0) is 25.7 Å². The number of hydrogen-bond acceptors (Lipinski definition) is 7. The van der Waals surface area contributed by atoms with E-state index in [1.54, 1.807) is 30.3 Å². The van der Waals surface area contributed by atoms with E-state index in [4.69, 9.17) is 0 Å². The smallest absolute Gasteiger partial charge is 0.255 e. The van der Waals surface area contributed by atoms with Gasteiger partial charge in [0.1, 0.15) is 11.8 Å². The molecule has 3 aliphatic rings. The maximum absolute atomic E-state index is 13.0. The number of Topliss-reactive ketones (excluding diaryl/α,β-unsaturated/α-hetero) is 1. The molecule has 10 heteroatoms. The van der Waals surface area contributed by atoms with Gasteiger partial charge in [0, 0.05) is 61.7 Å². The molecule has 0 spiro atoms. The van der Waals surface area contributed by atoms with Gasteiger partial charge in [0.25, 0.3) is 5.91 Å². The Hall–Kier alpha value is -4.60. The van der Waals surface area contributed by atoms with Crippen molar-refractivity contribution in [1.82, 2.24) is 10.2 Å². The summed E-state index contributed by atoms with van der Waals surface area (Å²) in [6.45, 7) is 1.56. The zero-order valence-electron chi connectivity index (χ0n) is 20.7. The monoisotopic (exact) mass is 514 g/mol. The van der Waals surface area contributed by atoms with Gasteiger partial charge in [-0.05, 0) is 30.2 Å². The Morgan fingerprint density at radius 2 is 1.89 bits per heavy atom. The summed E-state index contributed by atoms with van der Waals surface area (Å²) in [5, 5.41) is 15.8. The highest BCUT2D eigenvalue weighted by Crippen LogP contribution is 2.38. The molecule has 38 heavy (non-hydrogen) atoms. The molecular formula is C28H26N4O6. The number of allylic oxidation sites excluding steroid dienone is 2. The molecule has 0 radical (unpaired) electrons. The predicted molar refractivity (Wildman–Crippen MR) is 138 cm³/mol. The summed E-state index contributed by atoms with van der Waals surface area (Å²) in [6.07, 6.45) is 2.08. The third-order valence-corrected chi connectivity index (χ3v) is 7.08. The Balaban J connectivity index is 1.37. The Kier molecular flexibility index (Phi) is 6.62. The number of imide groups is 1. The molecule has 2 unspecified atom stereocenters. The van der Waals surface area contributed by atoms with E-state index in [1.807, 2.05) is 12.1 Å². The van der Waals surface area contributed by atoms with Crippen molar-refractivity contribution in [2.75, 3.05) is 5.32 Å². The Labute approximate surface area is 218 Å². The standard InChI is InChI=1S/C28H26N4O6/c1-15(33)30-22-7-3-2-5-17(22)16-11-24(34)19(25(35)12-16)13-29-21-8-4-6-18-20(21)14-32(28(18)38)23-9-10-26(36)31-27(23)37/h2-8,13,16,23,34H,9-12,14H2,1H3,(H,30,33)(H,31,36,37). The summed E-state index contributed by atoms with van der Waals surface area (Å²) in [6, 6.07) is 11.5. The number of rotatable bonds is 5. The van der Waals surface area contributed by atoms with Crippen LogP contribution in [0, 0.1) is 0 Å². The average Bonchev–Trinajstić information content (AvgIpc) is 3.20. The lowest BCUT2D eigenvalue weighted by molar-refractivity contribution is -0.137. The highest BCUT2D eigenvalue weighted by atomic mass is 16.3. The van der Waals surface area contributed by atoms with Gasteiger partial charge < -0.3 is 15.3 Å². The normalized spacial score (nSPS) is 21.7. The number of carbonyl (C=O) groups excluding carboxylic acids is 5. The SMILES string of the molecule is CC(=O)Nc1ccccc1C1CC(=O)C(C=Nc2cccc3c2CN(C2CCC(=O)NC2=O)C3=O)=C(O)C1. The van der Waals surface area contributed by atoms with Crippen LogP contribution in [-0.4, -0.2) is 51.7 Å². The molecule has 0 saturated carbocycles. The number of amides is 4. The molecule has 1 fully saturated rings. The van der Waals surface area contributed by atoms with Crippen LogP contribution in [0.1, 0.15) is 60.0 Å². The molecular weight excluding hydrogens is 488 g/mol. The van der Waals surface area contributed by atoms with Crippen LogP contribution in [0.3, 0.4) is 0 Å². The number of hydrogen-bond donors (Lipinski definition) is 3. The molecule has 2 heterocycles. The van der Waals surface area contributed by atoms with Crippen LogP contribution in [0.4, 0.5) is 11.4 Å². The van der Waals surface area contributed by atoms with Crippen LogP contribution in [0.25, 0.3) is 0 Å². The molecule has 0 bridgehead atoms. The summed E-state index contributed by atoms with van der Waals surface area (Å²) in [7, 11) is 0. The van der Waals surface area contributed by atoms with Crippen LogP contribution < -0.4 is 10.6 Å². The van der Waals surface area contributed by atoms with Crippen LogP contribution in [0.15, 0.2) is 58.8 Å². The first-order chi connectivity index (χ1) is 18.2. The lowest BCUT2D eigenvalue weighted by atomic mass is 9.82. The number of ketones is 1. The number of nitrogens with one attached hydrogen (secondary N) is 2. The van der Waals surface area contributed by atoms with Gasteiger partial charge in [-0.15, -0.1) is 0 Å². The fourth-order valence-electron chi connectivity index (χ4n) is 5.26. The van der Waals surface area contributed by atoms with E-state index in [0.29, 0.717) is 22.5 Å². The first-order valence-electron chi connectivity index (χ1n) is 12.4. The predicted octanol–water partition coefficient (Wildman–Crippen LogP) is 3.07. The summed E-state index contributed by atoms with van der Waals surface area (Å²) < 4.78 is 0. The fourth-order valence-corrected chi connectivity index (χ4v) is 5.26. The van der Waals surface area contributed by atoms with Crippen molar-refractivity contribution in [1.29, 1.82) is 0 Å². The first-order valence-corrected chi connectivity index (χ1v) is 12.4. The molecule has 10 nitrogen and oxygen atoms in total. The molecule has 3 N–H and O–H groups in total. The van der Waals surface area contributed by atoms with Gasteiger partial charge in [-0.2, -0.15) is 0 Å². The number of benzene rings is 2. The van der Waals surface area contributed by atoms with Crippen molar-refractivity contribution < 1.29 is 29.1 Å². The third kappa shape index (κ3) is 4.72. The van der Waals surface area contributed by atoms with Crippen molar-refractivity contribution in [3.05, 3.63) is 70.5 Å². The molecule has 1 saturated heterocycles. The second-order valence-corrected chi connectivity index (χ2v) is 9.62. The third-order valence-electron chi connectivity index (χ3n) is 7.08. The topological polar surface area (TPSA) is 145 Å². The van der Waals surface area contributed by atoms with Crippen LogP contribution in [0.2, 0.25) is 0 Å². The number of anilines is 1. The summed E-state index contributed by atoms with van der Waals surface area (Å²) in [4.78, 5) is 67.4. The molecule has 5 rings (SSSR count). The highest BCUT2D eigenvalue weighted by Gasteiger charge is 2.40. The number of para-hydroxylation sites is 1. The summed E-state index contributed by atoms with van der Waals surface area (Å²) in [5.41, 5.74) is 2.95. The minimum absolute atomic E-state index is 0.0959. The molecule has 1 aliphatic carbocycles. The quantitative estimate of drug-likeness (QED) is 0.413. The van der Waals surface area contributed by atoms with Gasteiger partial charge in [0.2, 0.25) is 17.7 Å². The number of carbonyl (C=O) groups is 5. The van der Waals surface area contributed by atoms with Gasteiger partial charge in [0.05, 0.1) is 11.3 Å². The van der Waals surface area contributed by atoms with Gasteiger partial charge in [-0.1, -0.05) is 24.3 Å². The van der Waals surface area contributed by atoms with E-state index in [2.05, 4.69) is 15.6 Å². The van der Waals surface area contributed by atoms with E-state index in [1.165, 1.54) is 18.0 Å². The Morgan fingerprint density at radius 1 is 1.11 bits per heavy atom. The Morgan fingerprint density at radius 3 is 2.63 bits per heavy atom. The lowest BCUT2D eigenvalue weighted by Gasteiger charge is -2.29. The maximum Gasteiger partial charge on any atom is 0.255 e. The highest BCUT2D eigenvalue weighted by molar-refractivity contribution is 6.15. The van der Waals surface area contributed by atoms with Gasteiger partial charge in [-0.25, -0.2) is 0 Å². The molecule has 194 valence electrons. The summed E-state index contributed by atoms with van der Waals surface area (Å²) in [5.74, 6) is -2.07. The number of aliphatic hydroxyl groups is 1. The van der Waals surface area contributed by atoms with E-state index in [9.17, 15) is 29.1 Å². The number of aliphatic imine (C=N–C) groups is 1. The molecule has 2 aromatic rings. The number of aliphatic hydroxyl groups excluding tert-OH is 1. The largest absolute Gasteiger partial charge is 0.511 e. The van der Waals surface area contributed by atoms with E-state index < -0.39 is 11.9 Å². The second kappa shape index (κ2) is 10.0. The summed E-state index contributed by atoms with van der Waals surface area (Å²) >= 11 is 0. The van der Waals surface area contributed by atoms with Gasteiger partial charge in [0.15, 0.2) is 5.78 Å². The van der Waals surface area contributed by atoms with Crippen molar-refractivity contribution in [2.24, 2.45) is 4.99 Å². The second-order valence-electron chi connectivity index (χ2n) is 9.62. The van der Waals surface area contributed by atoms with Crippen molar-refractivity contribution in [3.63, 3.8) is 0 Å². The maximum atomic E-state index is 13.0. The van der Waals surface area contributed by atoms with E-state index >= 15 is 0 Å². The van der Waals surface area contributed by atoms with Gasteiger partial charge in [-0.3, -0.25) is 34.3 Å². The average molecular weight is 515 g/mol. The van der Waals surface area contributed by atoms with Crippen molar-refractivity contribution in [2.45, 2.75) is 51.1 Å². The Bertz CT molecular complexity index is 1440. The molecule has 2 atom stereocenters. The molecule has 2 aromatic carbocycles. The minimum atomic E-state index is -0.742. The molecule has 4 amide bonds. The first kappa shape index (κ1) is 25.1. The van der Waals surface area contributed by atoms with E-state index in [-0.39, 0.29) is 73.0 Å². The molecule has 0 aromatic heterocycles. The number of nitrogens with zero attached hydrogens (tertiary/aromatic N) is 2. The van der Waals surface area contributed by atoms with Crippen molar-refractivity contribution in [3.8, 4) is 0 Å². The van der Waals surface area contributed by atoms with Crippen molar-refractivity contribution >= 4 is 47.0 Å². The fraction of sp³-hybridized carbons (Fsp3) is 0.286. The molecule has 2 aliphatic heterocycles. The van der Waals surface area contributed by atoms with Gasteiger partial charge >= 0.3 is 0 Å². The van der Waals surface area contributed by atoms with Crippen LogP contribution >= 0.6 is 0 Å². The minimum Gasteiger partial charge on any atom is -0.511 e. The zero-order chi connectivity index (χ0) is 27.0.